The number of nitrogens with one attached hydrogen (secondary N) is 1. The Kier molecular flexibility index (Phi) is 3.75. The number of anilines is 3. The summed E-state index contributed by atoms with van der Waals surface area (Å²) in [6.45, 7) is 3.88. The summed E-state index contributed by atoms with van der Waals surface area (Å²) >= 11 is 3.46. The molecule has 5 heteroatoms. The Morgan fingerprint density at radius 2 is 1.63 bits per heavy atom. The molecular formula is C14H13BrF2N2. The van der Waals surface area contributed by atoms with Crippen molar-refractivity contribution in [3.05, 3.63) is 51.5 Å². The highest BCUT2D eigenvalue weighted by Gasteiger charge is 2.09. The van der Waals surface area contributed by atoms with Crippen LogP contribution < -0.4 is 11.1 Å². The summed E-state index contributed by atoms with van der Waals surface area (Å²) in [5, 5.41) is 2.94. The lowest BCUT2D eigenvalue weighted by atomic mass is 10.1. The first-order chi connectivity index (χ1) is 8.88. The lowest BCUT2D eigenvalue weighted by Gasteiger charge is -2.13. The fourth-order valence-corrected chi connectivity index (χ4v) is 2.09. The summed E-state index contributed by atoms with van der Waals surface area (Å²) in [6.07, 6.45) is 0. The second kappa shape index (κ2) is 5.17. The van der Waals surface area contributed by atoms with E-state index in [0.717, 1.165) is 27.4 Å². The van der Waals surface area contributed by atoms with Crippen LogP contribution in [0.5, 0.6) is 0 Å². The first-order valence-electron chi connectivity index (χ1n) is 5.67. The molecular weight excluding hydrogens is 314 g/mol. The number of hydrogen-bond donors (Lipinski definition) is 2. The van der Waals surface area contributed by atoms with Gasteiger partial charge in [0.15, 0.2) is 5.82 Å². The van der Waals surface area contributed by atoms with Crippen LogP contribution in [-0.2, 0) is 0 Å². The summed E-state index contributed by atoms with van der Waals surface area (Å²) < 4.78 is 27.6. The molecule has 0 aliphatic heterocycles. The summed E-state index contributed by atoms with van der Waals surface area (Å²) in [7, 11) is 0. The summed E-state index contributed by atoms with van der Waals surface area (Å²) in [5.41, 5.74) is 8.50. The third-order valence-corrected chi connectivity index (χ3v) is 4.06. The van der Waals surface area contributed by atoms with Crippen LogP contribution in [0.3, 0.4) is 0 Å². The third-order valence-electron chi connectivity index (χ3n) is 2.81. The van der Waals surface area contributed by atoms with Crippen LogP contribution >= 0.6 is 15.9 Å². The second-order valence-corrected chi connectivity index (χ2v) is 5.19. The van der Waals surface area contributed by atoms with E-state index < -0.39 is 11.6 Å². The van der Waals surface area contributed by atoms with Crippen molar-refractivity contribution in [3.8, 4) is 0 Å². The van der Waals surface area contributed by atoms with Crippen molar-refractivity contribution in [2.75, 3.05) is 11.1 Å². The van der Waals surface area contributed by atoms with E-state index in [4.69, 9.17) is 5.73 Å². The standard InChI is InChI=1S/C14H13BrF2N2/c1-7-3-10(4-8(2)13(7)15)19-12-6-9(16)5-11(17)14(12)18/h3-6,19H,18H2,1-2H3. The first kappa shape index (κ1) is 13.8. The fourth-order valence-electron chi connectivity index (χ4n) is 1.86. The molecule has 19 heavy (non-hydrogen) atoms. The molecule has 0 aliphatic carbocycles. The molecule has 0 saturated heterocycles. The summed E-state index contributed by atoms with van der Waals surface area (Å²) in [6, 6.07) is 5.68. The molecule has 2 nitrogen and oxygen atoms in total. The third kappa shape index (κ3) is 2.87. The Labute approximate surface area is 118 Å². The monoisotopic (exact) mass is 326 g/mol. The molecule has 2 aromatic rings. The number of rotatable bonds is 2. The van der Waals surface area contributed by atoms with Crippen LogP contribution in [0, 0.1) is 25.5 Å². The van der Waals surface area contributed by atoms with Crippen molar-refractivity contribution >= 4 is 33.0 Å². The molecule has 2 aromatic carbocycles. The SMILES string of the molecule is Cc1cc(Nc2cc(F)cc(F)c2N)cc(C)c1Br. The zero-order chi connectivity index (χ0) is 14.2. The average Bonchev–Trinajstić information content (AvgIpc) is 2.32. The Hall–Kier alpha value is -1.62. The van der Waals surface area contributed by atoms with E-state index in [-0.39, 0.29) is 11.4 Å². The van der Waals surface area contributed by atoms with Crippen LogP contribution in [0.1, 0.15) is 11.1 Å². The summed E-state index contributed by atoms with van der Waals surface area (Å²) in [4.78, 5) is 0. The highest BCUT2D eigenvalue weighted by Crippen LogP contribution is 2.30. The van der Waals surface area contributed by atoms with Gasteiger partial charge in [0.25, 0.3) is 0 Å². The Balaban J connectivity index is 2.42. The predicted octanol–water partition coefficient (Wildman–Crippen LogP) is 4.67. The van der Waals surface area contributed by atoms with Crippen molar-refractivity contribution in [1.82, 2.24) is 0 Å². The fraction of sp³-hybridized carbons (Fsp3) is 0.143. The molecule has 0 aliphatic rings. The molecule has 3 N–H and O–H groups in total. The van der Waals surface area contributed by atoms with Gasteiger partial charge in [0.05, 0.1) is 11.4 Å². The number of aryl methyl sites for hydroxylation is 2. The van der Waals surface area contributed by atoms with Crippen molar-refractivity contribution in [1.29, 1.82) is 0 Å². The maximum absolute atomic E-state index is 13.4. The van der Waals surface area contributed by atoms with E-state index >= 15 is 0 Å². The number of nitrogen functional groups attached to an aromatic ring is 1. The molecule has 0 atom stereocenters. The van der Waals surface area contributed by atoms with Gasteiger partial charge in [-0.25, -0.2) is 8.78 Å². The van der Waals surface area contributed by atoms with E-state index in [0.29, 0.717) is 0 Å². The Morgan fingerprint density at radius 1 is 1.05 bits per heavy atom. The van der Waals surface area contributed by atoms with Gasteiger partial charge in [-0.2, -0.15) is 0 Å². The minimum absolute atomic E-state index is 0.0976. The van der Waals surface area contributed by atoms with Crippen LogP contribution in [0.25, 0.3) is 0 Å². The maximum atomic E-state index is 13.4. The second-order valence-electron chi connectivity index (χ2n) is 4.40. The minimum atomic E-state index is -0.770. The van der Waals surface area contributed by atoms with Crippen LogP contribution in [-0.4, -0.2) is 0 Å². The molecule has 0 aromatic heterocycles. The Morgan fingerprint density at radius 3 is 2.21 bits per heavy atom. The molecule has 0 radical (unpaired) electrons. The molecule has 0 spiro atoms. The van der Waals surface area contributed by atoms with Crippen LogP contribution in [0.15, 0.2) is 28.7 Å². The van der Waals surface area contributed by atoms with Crippen molar-refractivity contribution in [2.45, 2.75) is 13.8 Å². The van der Waals surface area contributed by atoms with E-state index in [1.807, 2.05) is 26.0 Å². The van der Waals surface area contributed by atoms with Gasteiger partial charge in [0.1, 0.15) is 5.82 Å². The van der Waals surface area contributed by atoms with E-state index in [9.17, 15) is 8.78 Å². The molecule has 0 bridgehead atoms. The van der Waals surface area contributed by atoms with Gasteiger partial charge in [0.2, 0.25) is 0 Å². The smallest absolute Gasteiger partial charge is 0.151 e. The molecule has 0 heterocycles. The lowest BCUT2D eigenvalue weighted by molar-refractivity contribution is 0.587. The van der Waals surface area contributed by atoms with Gasteiger partial charge >= 0.3 is 0 Å². The topological polar surface area (TPSA) is 38.0 Å². The van der Waals surface area contributed by atoms with Gasteiger partial charge in [-0.15, -0.1) is 0 Å². The van der Waals surface area contributed by atoms with Gasteiger partial charge in [-0.1, -0.05) is 15.9 Å². The quantitative estimate of drug-likeness (QED) is 0.787. The largest absolute Gasteiger partial charge is 0.395 e. The van der Waals surface area contributed by atoms with Crippen LogP contribution in [0.4, 0.5) is 25.8 Å². The average molecular weight is 327 g/mol. The van der Waals surface area contributed by atoms with E-state index in [1.165, 1.54) is 6.07 Å². The highest BCUT2D eigenvalue weighted by atomic mass is 79.9. The zero-order valence-electron chi connectivity index (χ0n) is 10.5. The molecule has 2 rings (SSSR count). The maximum Gasteiger partial charge on any atom is 0.151 e. The number of halogens is 3. The van der Waals surface area contributed by atoms with Gasteiger partial charge in [-0.05, 0) is 43.2 Å². The van der Waals surface area contributed by atoms with Gasteiger partial charge in [-0.3, -0.25) is 0 Å². The minimum Gasteiger partial charge on any atom is -0.395 e. The van der Waals surface area contributed by atoms with Crippen molar-refractivity contribution in [2.24, 2.45) is 0 Å². The summed E-state index contributed by atoms with van der Waals surface area (Å²) in [5.74, 6) is -1.44. The number of hydrogen-bond acceptors (Lipinski definition) is 2. The van der Waals surface area contributed by atoms with Crippen molar-refractivity contribution < 1.29 is 8.78 Å². The van der Waals surface area contributed by atoms with Crippen LogP contribution in [0.2, 0.25) is 0 Å². The first-order valence-corrected chi connectivity index (χ1v) is 6.46. The Bertz CT molecular complexity index is 619. The molecule has 0 amide bonds. The molecule has 100 valence electrons. The number of nitrogens with two attached hydrogens (primary N) is 1. The highest BCUT2D eigenvalue weighted by molar-refractivity contribution is 9.10. The number of benzene rings is 2. The van der Waals surface area contributed by atoms with Gasteiger partial charge < -0.3 is 11.1 Å². The predicted molar refractivity (Wildman–Crippen MR) is 77.7 cm³/mol. The van der Waals surface area contributed by atoms with E-state index in [2.05, 4.69) is 21.2 Å². The lowest BCUT2D eigenvalue weighted by Crippen LogP contribution is -2.01. The molecule has 0 fully saturated rings. The van der Waals surface area contributed by atoms with Crippen molar-refractivity contribution in [3.63, 3.8) is 0 Å². The normalized spacial score (nSPS) is 10.6. The molecule has 0 saturated carbocycles. The molecule has 0 unspecified atom stereocenters. The van der Waals surface area contributed by atoms with Gasteiger partial charge in [0, 0.05) is 16.2 Å². The van der Waals surface area contributed by atoms with E-state index in [1.54, 1.807) is 0 Å². The zero-order valence-corrected chi connectivity index (χ0v) is 12.1.